The van der Waals surface area contributed by atoms with Crippen molar-refractivity contribution in [2.24, 2.45) is 0 Å². The van der Waals surface area contributed by atoms with Gasteiger partial charge in [0.25, 0.3) is 5.91 Å². The molecule has 0 aliphatic rings. The van der Waals surface area contributed by atoms with Gasteiger partial charge in [-0.3, -0.25) is 4.79 Å². The first kappa shape index (κ1) is 26.2. The van der Waals surface area contributed by atoms with Crippen LogP contribution in [-0.4, -0.2) is 12.5 Å². The molecule has 3 aromatic rings. The Labute approximate surface area is 211 Å². The summed E-state index contributed by atoms with van der Waals surface area (Å²) in [6.45, 7) is 10.1. The van der Waals surface area contributed by atoms with Crippen LogP contribution in [0.5, 0.6) is 11.5 Å². The number of nitrogens with one attached hydrogen (secondary N) is 1. The molecule has 184 valence electrons. The van der Waals surface area contributed by atoms with Gasteiger partial charge in [-0.05, 0) is 80.3 Å². The van der Waals surface area contributed by atoms with Crippen LogP contribution in [0, 0.1) is 31.0 Å². The van der Waals surface area contributed by atoms with Crippen LogP contribution in [0.3, 0.4) is 0 Å². The summed E-state index contributed by atoms with van der Waals surface area (Å²) >= 11 is 0. The number of nitrogens with zero attached hydrogens (tertiary/aromatic N) is 1. The normalized spacial score (nSPS) is 10.9. The number of halogens is 1. The number of allylic oxidation sites excluding steroid dienone is 1. The maximum Gasteiger partial charge on any atom is 0.266 e. The van der Waals surface area contributed by atoms with Gasteiger partial charge in [0, 0.05) is 11.3 Å². The van der Waals surface area contributed by atoms with E-state index < -0.39 is 5.91 Å². The number of rotatable bonds is 10. The van der Waals surface area contributed by atoms with Gasteiger partial charge >= 0.3 is 0 Å². The minimum Gasteiger partial charge on any atom is -0.490 e. The van der Waals surface area contributed by atoms with Crippen molar-refractivity contribution in [3.05, 3.63) is 106 Å². The first-order chi connectivity index (χ1) is 17.3. The first-order valence-electron chi connectivity index (χ1n) is 11.6. The zero-order chi connectivity index (χ0) is 26.1. The maximum absolute atomic E-state index is 13.6. The van der Waals surface area contributed by atoms with Crippen molar-refractivity contribution >= 4 is 17.7 Å². The van der Waals surface area contributed by atoms with Crippen LogP contribution in [0.25, 0.3) is 6.08 Å². The molecule has 0 fully saturated rings. The molecular weight excluding hydrogens is 455 g/mol. The molecule has 0 bridgehead atoms. The number of carbonyl (C=O) groups excluding carboxylic acids is 1. The molecule has 0 radical (unpaired) electrons. The van der Waals surface area contributed by atoms with Crippen LogP contribution < -0.4 is 14.8 Å². The zero-order valence-electron chi connectivity index (χ0n) is 20.7. The lowest BCUT2D eigenvalue weighted by Gasteiger charge is -2.17. The highest BCUT2D eigenvalue weighted by Gasteiger charge is 2.16. The molecular formula is C30H29FN2O3. The van der Waals surface area contributed by atoms with Gasteiger partial charge < -0.3 is 14.8 Å². The Morgan fingerprint density at radius 1 is 1.14 bits per heavy atom. The molecule has 1 amide bonds. The van der Waals surface area contributed by atoms with Gasteiger partial charge in [0.2, 0.25) is 0 Å². The van der Waals surface area contributed by atoms with Gasteiger partial charge in [-0.15, -0.1) is 6.58 Å². The van der Waals surface area contributed by atoms with Gasteiger partial charge in [-0.1, -0.05) is 35.9 Å². The summed E-state index contributed by atoms with van der Waals surface area (Å²) in [5.74, 6) is 0.137. The fourth-order valence-corrected chi connectivity index (χ4v) is 3.74. The Morgan fingerprint density at radius 2 is 1.94 bits per heavy atom. The molecule has 0 unspecified atom stereocenters. The summed E-state index contributed by atoms with van der Waals surface area (Å²) in [6, 6.07) is 17.4. The second-order valence-corrected chi connectivity index (χ2v) is 8.29. The summed E-state index contributed by atoms with van der Waals surface area (Å²) < 4.78 is 25.5. The van der Waals surface area contributed by atoms with Crippen molar-refractivity contribution in [2.75, 3.05) is 11.9 Å². The fraction of sp³-hybridized carbons (Fsp3) is 0.200. The van der Waals surface area contributed by atoms with E-state index >= 15 is 0 Å². The summed E-state index contributed by atoms with van der Waals surface area (Å²) in [4.78, 5) is 12.9. The minimum atomic E-state index is -0.501. The molecule has 1 N–H and O–H groups in total. The van der Waals surface area contributed by atoms with Gasteiger partial charge in [-0.2, -0.15) is 5.26 Å². The van der Waals surface area contributed by atoms with Crippen molar-refractivity contribution in [3.8, 4) is 17.6 Å². The highest BCUT2D eigenvalue weighted by molar-refractivity contribution is 6.10. The predicted octanol–water partition coefficient (Wildman–Crippen LogP) is 6.69. The van der Waals surface area contributed by atoms with E-state index in [0.717, 1.165) is 16.7 Å². The summed E-state index contributed by atoms with van der Waals surface area (Å²) in [5.41, 5.74) is 4.66. The van der Waals surface area contributed by atoms with Crippen LogP contribution in [0.15, 0.2) is 72.8 Å². The predicted molar refractivity (Wildman–Crippen MR) is 140 cm³/mol. The average molecular weight is 485 g/mol. The molecule has 5 nitrogen and oxygen atoms in total. The average Bonchev–Trinajstić information content (AvgIpc) is 2.84. The number of aryl methyl sites for hydroxylation is 2. The van der Waals surface area contributed by atoms with E-state index in [0.29, 0.717) is 41.3 Å². The van der Waals surface area contributed by atoms with Crippen LogP contribution in [0.1, 0.15) is 34.7 Å². The van der Waals surface area contributed by atoms with Crippen molar-refractivity contribution < 1.29 is 18.7 Å². The lowest BCUT2D eigenvalue weighted by atomic mass is 10.0. The van der Waals surface area contributed by atoms with Gasteiger partial charge in [0.05, 0.1) is 6.61 Å². The fourth-order valence-electron chi connectivity index (χ4n) is 3.74. The Bertz CT molecular complexity index is 1340. The van der Waals surface area contributed by atoms with E-state index in [4.69, 9.17) is 9.47 Å². The molecule has 36 heavy (non-hydrogen) atoms. The van der Waals surface area contributed by atoms with Gasteiger partial charge in [0.15, 0.2) is 11.5 Å². The lowest BCUT2D eigenvalue weighted by Crippen LogP contribution is -2.14. The van der Waals surface area contributed by atoms with Gasteiger partial charge in [-0.25, -0.2) is 4.39 Å². The number of anilines is 1. The zero-order valence-corrected chi connectivity index (χ0v) is 20.7. The number of benzene rings is 3. The van der Waals surface area contributed by atoms with E-state index in [1.807, 2.05) is 51.1 Å². The molecule has 0 spiro atoms. The Balaban J connectivity index is 1.94. The quantitative estimate of drug-likeness (QED) is 0.198. The van der Waals surface area contributed by atoms with Crippen molar-refractivity contribution in [1.82, 2.24) is 0 Å². The number of ether oxygens (including phenoxy) is 2. The SMILES string of the molecule is C=CCc1cc(/C=C(\C#N)C(=O)Nc2ccc(C)cc2C)cc(OCC)c1OCc1cccc(F)c1. The van der Waals surface area contributed by atoms with Crippen molar-refractivity contribution in [1.29, 1.82) is 5.26 Å². The largest absolute Gasteiger partial charge is 0.490 e. The van der Waals surface area contributed by atoms with E-state index in [9.17, 15) is 14.4 Å². The monoisotopic (exact) mass is 484 g/mol. The molecule has 3 rings (SSSR count). The third kappa shape index (κ3) is 6.83. The summed E-state index contributed by atoms with van der Waals surface area (Å²) in [7, 11) is 0. The van der Waals surface area contributed by atoms with Crippen molar-refractivity contribution in [2.45, 2.75) is 33.8 Å². The van der Waals surface area contributed by atoms with E-state index in [-0.39, 0.29) is 18.0 Å². The summed E-state index contributed by atoms with van der Waals surface area (Å²) in [6.07, 6.45) is 3.72. The highest BCUT2D eigenvalue weighted by Crippen LogP contribution is 2.35. The molecule has 0 saturated carbocycles. The van der Waals surface area contributed by atoms with Crippen LogP contribution in [-0.2, 0) is 17.8 Å². The number of carbonyl (C=O) groups is 1. The Hall–Kier alpha value is -4.37. The number of amides is 1. The lowest BCUT2D eigenvalue weighted by molar-refractivity contribution is -0.112. The van der Waals surface area contributed by atoms with Crippen LogP contribution >= 0.6 is 0 Å². The molecule has 0 heterocycles. The highest BCUT2D eigenvalue weighted by atomic mass is 19.1. The molecule has 0 saturated heterocycles. The number of hydrogen-bond donors (Lipinski definition) is 1. The van der Waals surface area contributed by atoms with Crippen molar-refractivity contribution in [3.63, 3.8) is 0 Å². The van der Waals surface area contributed by atoms with E-state index in [2.05, 4.69) is 11.9 Å². The molecule has 0 aliphatic carbocycles. The van der Waals surface area contributed by atoms with Gasteiger partial charge in [0.1, 0.15) is 24.1 Å². The second kappa shape index (κ2) is 12.4. The topological polar surface area (TPSA) is 71.4 Å². The smallest absolute Gasteiger partial charge is 0.266 e. The molecule has 0 aromatic heterocycles. The first-order valence-corrected chi connectivity index (χ1v) is 11.6. The number of hydrogen-bond acceptors (Lipinski definition) is 4. The number of nitriles is 1. The van der Waals surface area contributed by atoms with E-state index in [1.165, 1.54) is 18.2 Å². The minimum absolute atomic E-state index is 0.0459. The second-order valence-electron chi connectivity index (χ2n) is 8.29. The van der Waals surface area contributed by atoms with Crippen LogP contribution in [0.4, 0.5) is 10.1 Å². The van der Waals surface area contributed by atoms with Crippen LogP contribution in [0.2, 0.25) is 0 Å². The molecule has 0 aliphatic heterocycles. The molecule has 3 aromatic carbocycles. The standard InChI is InChI=1S/C30H29FN2O3/c1-5-8-24-14-23(15-25(18-32)30(34)33-27-12-11-20(3)13-21(27)4)17-28(35-6-2)29(24)36-19-22-9-7-10-26(31)16-22/h5,7,9-17H,1,6,8,19H2,2-4H3,(H,33,34)/b25-15+. The molecule has 6 heteroatoms. The van der Waals surface area contributed by atoms with E-state index in [1.54, 1.807) is 24.3 Å². The Kier molecular flexibility index (Phi) is 9.01. The third-order valence-corrected chi connectivity index (χ3v) is 5.40. The Morgan fingerprint density at radius 3 is 2.61 bits per heavy atom. The maximum atomic E-state index is 13.6. The third-order valence-electron chi connectivity index (χ3n) is 5.40. The summed E-state index contributed by atoms with van der Waals surface area (Å²) in [5, 5.41) is 12.5. The molecule has 0 atom stereocenters.